The van der Waals surface area contributed by atoms with E-state index in [4.69, 9.17) is 9.47 Å². The monoisotopic (exact) mass is 466 g/mol. The van der Waals surface area contributed by atoms with E-state index in [1.54, 1.807) is 77.1 Å². The van der Waals surface area contributed by atoms with Gasteiger partial charge in [-0.25, -0.2) is 9.59 Å². The van der Waals surface area contributed by atoms with Gasteiger partial charge in [0.1, 0.15) is 18.2 Å². The van der Waals surface area contributed by atoms with Crippen LogP contribution in [0.5, 0.6) is 0 Å². The standard InChI is InChI=1S/C26H30N2O6/c1-15(2)21(28-25(32)34-26(3,4)5)24(31)33-14-13-27-19-12-8-11-18-20(19)23(30)17-10-7-6-9-16(17)22(18)29/h6-12,15,21,27H,13-14H2,1-5H3,(H,28,32)/t21-/m0/s1. The molecule has 0 bridgehead atoms. The second kappa shape index (κ2) is 10.1. The topological polar surface area (TPSA) is 111 Å². The number of benzene rings is 2. The average molecular weight is 467 g/mol. The predicted octanol–water partition coefficient (Wildman–Crippen LogP) is 3.97. The van der Waals surface area contributed by atoms with Crippen molar-refractivity contribution in [2.45, 2.75) is 46.3 Å². The van der Waals surface area contributed by atoms with E-state index < -0.39 is 23.7 Å². The van der Waals surface area contributed by atoms with Gasteiger partial charge >= 0.3 is 12.1 Å². The fourth-order valence-electron chi connectivity index (χ4n) is 3.65. The summed E-state index contributed by atoms with van der Waals surface area (Å²) >= 11 is 0. The maximum Gasteiger partial charge on any atom is 0.408 e. The van der Waals surface area contributed by atoms with Crippen LogP contribution < -0.4 is 10.6 Å². The molecule has 0 radical (unpaired) electrons. The molecule has 0 unspecified atom stereocenters. The molecule has 0 fully saturated rings. The largest absolute Gasteiger partial charge is 0.462 e. The number of ketones is 2. The molecule has 1 atom stereocenters. The van der Waals surface area contributed by atoms with Crippen molar-refractivity contribution in [2.24, 2.45) is 5.92 Å². The lowest BCUT2D eigenvalue weighted by Gasteiger charge is -2.24. The van der Waals surface area contributed by atoms with Crippen molar-refractivity contribution in [1.29, 1.82) is 0 Å². The maximum atomic E-state index is 13.1. The lowest BCUT2D eigenvalue weighted by Crippen LogP contribution is -2.47. The number of fused-ring (bicyclic) bond motifs is 2. The molecule has 3 rings (SSSR count). The Kier molecular flexibility index (Phi) is 7.39. The predicted molar refractivity (Wildman–Crippen MR) is 127 cm³/mol. The molecule has 1 amide bonds. The summed E-state index contributed by atoms with van der Waals surface area (Å²) in [4.78, 5) is 50.5. The minimum Gasteiger partial charge on any atom is -0.462 e. The van der Waals surface area contributed by atoms with E-state index in [0.29, 0.717) is 27.9 Å². The van der Waals surface area contributed by atoms with E-state index >= 15 is 0 Å². The summed E-state index contributed by atoms with van der Waals surface area (Å²) in [7, 11) is 0. The van der Waals surface area contributed by atoms with Gasteiger partial charge in [-0.1, -0.05) is 50.2 Å². The second-order valence-electron chi connectivity index (χ2n) is 9.39. The van der Waals surface area contributed by atoms with Gasteiger partial charge in [0.15, 0.2) is 11.6 Å². The molecule has 0 aliphatic heterocycles. The number of esters is 1. The molecular weight excluding hydrogens is 436 g/mol. The molecule has 34 heavy (non-hydrogen) atoms. The average Bonchev–Trinajstić information content (AvgIpc) is 2.77. The number of anilines is 1. The third-order valence-corrected chi connectivity index (χ3v) is 5.21. The first-order valence-electron chi connectivity index (χ1n) is 11.2. The quantitative estimate of drug-likeness (QED) is 0.400. The molecule has 0 spiro atoms. The number of hydrogen-bond donors (Lipinski definition) is 2. The van der Waals surface area contributed by atoms with E-state index in [1.807, 2.05) is 0 Å². The second-order valence-corrected chi connectivity index (χ2v) is 9.39. The molecule has 1 aliphatic rings. The molecular formula is C26H30N2O6. The summed E-state index contributed by atoms with van der Waals surface area (Å²) in [6.07, 6.45) is -0.694. The van der Waals surface area contributed by atoms with Gasteiger partial charge in [0.25, 0.3) is 0 Å². The van der Waals surface area contributed by atoms with Crippen LogP contribution in [0.1, 0.15) is 66.5 Å². The molecule has 2 N–H and O–H groups in total. The van der Waals surface area contributed by atoms with Gasteiger partial charge in [0, 0.05) is 28.9 Å². The number of hydrogen-bond acceptors (Lipinski definition) is 7. The summed E-state index contributed by atoms with van der Waals surface area (Å²) in [5, 5.41) is 5.64. The van der Waals surface area contributed by atoms with Crippen molar-refractivity contribution in [3.63, 3.8) is 0 Å². The van der Waals surface area contributed by atoms with Gasteiger partial charge in [-0.3, -0.25) is 9.59 Å². The number of rotatable bonds is 7. The molecule has 8 nitrogen and oxygen atoms in total. The lowest BCUT2D eigenvalue weighted by atomic mass is 9.83. The zero-order chi connectivity index (χ0) is 25.0. The molecule has 0 aromatic heterocycles. The van der Waals surface area contributed by atoms with Crippen LogP contribution in [0, 0.1) is 5.92 Å². The van der Waals surface area contributed by atoms with Crippen LogP contribution in [0.2, 0.25) is 0 Å². The van der Waals surface area contributed by atoms with E-state index in [1.165, 1.54) is 0 Å². The number of ether oxygens (including phenoxy) is 2. The fraction of sp³-hybridized carbons (Fsp3) is 0.385. The Morgan fingerprint density at radius 1 is 0.912 bits per heavy atom. The van der Waals surface area contributed by atoms with Gasteiger partial charge < -0.3 is 20.1 Å². The SMILES string of the molecule is CC(C)[C@H](NC(=O)OC(C)(C)C)C(=O)OCCNc1cccc2c1C(=O)c1ccccc1C2=O. The van der Waals surface area contributed by atoms with E-state index in [9.17, 15) is 19.2 Å². The Morgan fingerprint density at radius 3 is 2.15 bits per heavy atom. The van der Waals surface area contributed by atoms with Gasteiger partial charge in [-0.2, -0.15) is 0 Å². The maximum absolute atomic E-state index is 13.1. The van der Waals surface area contributed by atoms with E-state index in [-0.39, 0.29) is 30.6 Å². The Balaban J connectivity index is 1.62. The molecule has 8 heteroatoms. The molecule has 0 saturated heterocycles. The van der Waals surface area contributed by atoms with Crippen LogP contribution in [0.3, 0.4) is 0 Å². The van der Waals surface area contributed by atoms with Crippen molar-refractivity contribution in [3.05, 3.63) is 64.7 Å². The zero-order valence-electron chi connectivity index (χ0n) is 20.1. The van der Waals surface area contributed by atoms with E-state index in [2.05, 4.69) is 10.6 Å². The summed E-state index contributed by atoms with van der Waals surface area (Å²) in [5.74, 6) is -1.23. The highest BCUT2D eigenvalue weighted by atomic mass is 16.6. The Labute approximate surface area is 199 Å². The van der Waals surface area contributed by atoms with Gasteiger partial charge in [-0.05, 0) is 32.8 Å². The van der Waals surface area contributed by atoms with Crippen LogP contribution in [0.4, 0.5) is 10.5 Å². The summed E-state index contributed by atoms with van der Waals surface area (Å²) < 4.78 is 10.6. The molecule has 0 heterocycles. The third-order valence-electron chi connectivity index (χ3n) is 5.21. The first-order chi connectivity index (χ1) is 16.0. The Morgan fingerprint density at radius 2 is 1.53 bits per heavy atom. The molecule has 1 aliphatic carbocycles. The lowest BCUT2D eigenvalue weighted by molar-refractivity contribution is -0.147. The summed E-state index contributed by atoms with van der Waals surface area (Å²) in [6, 6.07) is 10.9. The van der Waals surface area contributed by atoms with Gasteiger partial charge in [-0.15, -0.1) is 0 Å². The zero-order valence-corrected chi connectivity index (χ0v) is 20.1. The van der Waals surface area contributed by atoms with Crippen LogP contribution in [0.15, 0.2) is 42.5 Å². The highest BCUT2D eigenvalue weighted by Gasteiger charge is 2.31. The summed E-state index contributed by atoms with van der Waals surface area (Å²) in [5.41, 5.74) is 1.22. The fourth-order valence-corrected chi connectivity index (χ4v) is 3.65. The van der Waals surface area contributed by atoms with Crippen molar-refractivity contribution in [2.75, 3.05) is 18.5 Å². The van der Waals surface area contributed by atoms with Crippen molar-refractivity contribution in [3.8, 4) is 0 Å². The number of alkyl carbamates (subject to hydrolysis) is 1. The number of carbonyl (C=O) groups is 4. The number of carbonyl (C=O) groups excluding carboxylic acids is 4. The van der Waals surface area contributed by atoms with Crippen molar-refractivity contribution < 1.29 is 28.7 Å². The smallest absolute Gasteiger partial charge is 0.408 e. The van der Waals surface area contributed by atoms with Crippen molar-refractivity contribution in [1.82, 2.24) is 5.32 Å². The van der Waals surface area contributed by atoms with Crippen LogP contribution >= 0.6 is 0 Å². The van der Waals surface area contributed by atoms with Crippen LogP contribution in [0.25, 0.3) is 0 Å². The van der Waals surface area contributed by atoms with Crippen LogP contribution in [-0.2, 0) is 14.3 Å². The normalized spacial score (nSPS) is 13.6. The third kappa shape index (κ3) is 5.62. The first kappa shape index (κ1) is 25.0. The van der Waals surface area contributed by atoms with Gasteiger partial charge in [0.2, 0.25) is 0 Å². The Hall–Kier alpha value is -3.68. The van der Waals surface area contributed by atoms with Crippen LogP contribution in [-0.4, -0.2) is 48.4 Å². The highest BCUT2D eigenvalue weighted by Crippen LogP contribution is 2.31. The molecule has 2 aromatic carbocycles. The number of amides is 1. The van der Waals surface area contributed by atoms with Crippen molar-refractivity contribution >= 4 is 29.3 Å². The number of nitrogens with one attached hydrogen (secondary N) is 2. The minimum absolute atomic E-state index is 0.000440. The molecule has 180 valence electrons. The summed E-state index contributed by atoms with van der Waals surface area (Å²) in [6.45, 7) is 9.00. The molecule has 2 aromatic rings. The van der Waals surface area contributed by atoms with Gasteiger partial charge in [0.05, 0.1) is 5.56 Å². The molecule has 0 saturated carbocycles. The van der Waals surface area contributed by atoms with E-state index in [0.717, 1.165) is 0 Å². The minimum atomic E-state index is -0.866. The highest BCUT2D eigenvalue weighted by molar-refractivity contribution is 6.30. The first-order valence-corrected chi connectivity index (χ1v) is 11.2. The Bertz CT molecular complexity index is 1120.